The van der Waals surface area contributed by atoms with Crippen LogP contribution in [0.25, 0.3) is 0 Å². The monoisotopic (exact) mass is 292 g/mol. The standard InChI is InChI=1S/C17H28N2O2/c1-12-11-15(20)18-16(13-7-3-2-4-8-13)17(21)19(12)14-9-5-6-10-14/h12-14,16H,2-11H2,1H3,(H,18,20). The maximum Gasteiger partial charge on any atom is 0.245 e. The Labute approximate surface area is 127 Å². The van der Waals surface area contributed by atoms with Gasteiger partial charge in [0.1, 0.15) is 6.04 Å². The number of hydrogen-bond donors (Lipinski definition) is 1. The molecule has 1 aliphatic heterocycles. The summed E-state index contributed by atoms with van der Waals surface area (Å²) < 4.78 is 0. The molecule has 0 bridgehead atoms. The SMILES string of the molecule is CC1CC(=O)NC(C2CCCCC2)C(=O)N1C1CCCC1. The summed E-state index contributed by atoms with van der Waals surface area (Å²) in [5, 5.41) is 3.05. The maximum atomic E-state index is 13.1. The van der Waals surface area contributed by atoms with Crippen LogP contribution in [-0.4, -0.2) is 34.8 Å². The van der Waals surface area contributed by atoms with Crippen LogP contribution in [0.1, 0.15) is 71.1 Å². The Hall–Kier alpha value is -1.06. The molecule has 4 nitrogen and oxygen atoms in total. The van der Waals surface area contributed by atoms with E-state index in [9.17, 15) is 9.59 Å². The molecular weight excluding hydrogens is 264 g/mol. The molecule has 0 radical (unpaired) electrons. The number of nitrogens with zero attached hydrogens (tertiary/aromatic N) is 1. The topological polar surface area (TPSA) is 49.4 Å². The van der Waals surface area contributed by atoms with E-state index in [-0.39, 0.29) is 23.9 Å². The summed E-state index contributed by atoms with van der Waals surface area (Å²) >= 11 is 0. The van der Waals surface area contributed by atoms with E-state index in [1.54, 1.807) is 0 Å². The molecule has 1 heterocycles. The smallest absolute Gasteiger partial charge is 0.245 e. The predicted molar refractivity (Wildman–Crippen MR) is 81.7 cm³/mol. The van der Waals surface area contributed by atoms with Gasteiger partial charge in [-0.25, -0.2) is 0 Å². The fourth-order valence-electron chi connectivity index (χ4n) is 4.55. The van der Waals surface area contributed by atoms with Gasteiger partial charge in [-0.2, -0.15) is 0 Å². The van der Waals surface area contributed by atoms with Gasteiger partial charge < -0.3 is 10.2 Å². The molecule has 0 aromatic rings. The van der Waals surface area contributed by atoms with Crippen LogP contribution in [0.4, 0.5) is 0 Å². The summed E-state index contributed by atoms with van der Waals surface area (Å²) in [6.07, 6.45) is 11.0. The van der Waals surface area contributed by atoms with Crippen molar-refractivity contribution in [3.05, 3.63) is 0 Å². The molecule has 2 atom stereocenters. The fraction of sp³-hybridized carbons (Fsp3) is 0.882. The van der Waals surface area contributed by atoms with Crippen molar-refractivity contribution >= 4 is 11.8 Å². The van der Waals surface area contributed by atoms with Gasteiger partial charge in [-0.15, -0.1) is 0 Å². The van der Waals surface area contributed by atoms with Gasteiger partial charge >= 0.3 is 0 Å². The minimum Gasteiger partial charge on any atom is -0.344 e. The zero-order valence-electron chi connectivity index (χ0n) is 13.1. The molecule has 3 rings (SSSR count). The molecule has 118 valence electrons. The summed E-state index contributed by atoms with van der Waals surface area (Å²) in [6, 6.07) is 0.156. The van der Waals surface area contributed by atoms with E-state index in [2.05, 4.69) is 10.2 Å². The van der Waals surface area contributed by atoms with Crippen LogP contribution in [0.2, 0.25) is 0 Å². The third-order valence-corrected chi connectivity index (χ3v) is 5.63. The van der Waals surface area contributed by atoms with Crippen molar-refractivity contribution < 1.29 is 9.59 Å². The van der Waals surface area contributed by atoms with Gasteiger partial charge in [0.2, 0.25) is 11.8 Å². The van der Waals surface area contributed by atoms with Crippen molar-refractivity contribution in [2.45, 2.75) is 89.3 Å². The Balaban J connectivity index is 1.81. The highest BCUT2D eigenvalue weighted by atomic mass is 16.2. The van der Waals surface area contributed by atoms with Gasteiger partial charge in [0.15, 0.2) is 0 Å². The van der Waals surface area contributed by atoms with E-state index in [0.29, 0.717) is 18.4 Å². The molecule has 3 fully saturated rings. The van der Waals surface area contributed by atoms with E-state index in [0.717, 1.165) is 25.7 Å². The Morgan fingerprint density at radius 2 is 1.57 bits per heavy atom. The van der Waals surface area contributed by atoms with Crippen molar-refractivity contribution in [1.29, 1.82) is 0 Å². The van der Waals surface area contributed by atoms with Gasteiger partial charge in [-0.1, -0.05) is 32.1 Å². The molecule has 0 aromatic carbocycles. The largest absolute Gasteiger partial charge is 0.344 e. The molecule has 3 aliphatic rings. The number of rotatable bonds is 2. The Morgan fingerprint density at radius 3 is 2.24 bits per heavy atom. The summed E-state index contributed by atoms with van der Waals surface area (Å²) in [7, 11) is 0. The normalized spacial score (nSPS) is 33.1. The van der Waals surface area contributed by atoms with Gasteiger partial charge in [0.05, 0.1) is 0 Å². The van der Waals surface area contributed by atoms with Crippen molar-refractivity contribution in [3.8, 4) is 0 Å². The molecule has 4 heteroatoms. The number of carbonyl (C=O) groups excluding carboxylic acids is 2. The predicted octanol–water partition coefficient (Wildman–Crippen LogP) is 2.61. The van der Waals surface area contributed by atoms with Crippen LogP contribution >= 0.6 is 0 Å². The molecule has 1 saturated heterocycles. The molecule has 2 unspecified atom stereocenters. The number of hydrogen-bond acceptors (Lipinski definition) is 2. The van der Waals surface area contributed by atoms with Gasteiger partial charge in [-0.05, 0) is 38.5 Å². The highest BCUT2D eigenvalue weighted by molar-refractivity contribution is 5.91. The average Bonchev–Trinajstić information content (AvgIpc) is 2.96. The summed E-state index contributed by atoms with van der Waals surface area (Å²) in [5.74, 6) is 0.614. The Morgan fingerprint density at radius 1 is 0.952 bits per heavy atom. The average molecular weight is 292 g/mol. The van der Waals surface area contributed by atoms with Gasteiger partial charge in [0.25, 0.3) is 0 Å². The quantitative estimate of drug-likeness (QED) is 0.850. The molecule has 0 spiro atoms. The van der Waals surface area contributed by atoms with E-state index < -0.39 is 0 Å². The van der Waals surface area contributed by atoms with Crippen molar-refractivity contribution in [3.63, 3.8) is 0 Å². The lowest BCUT2D eigenvalue weighted by molar-refractivity contribution is -0.139. The molecule has 2 amide bonds. The van der Waals surface area contributed by atoms with Crippen LogP contribution in [0.5, 0.6) is 0 Å². The zero-order valence-corrected chi connectivity index (χ0v) is 13.1. The second-order valence-electron chi connectivity index (χ2n) is 7.18. The minimum atomic E-state index is -0.261. The van der Waals surface area contributed by atoms with E-state index >= 15 is 0 Å². The number of carbonyl (C=O) groups is 2. The first-order valence-corrected chi connectivity index (χ1v) is 8.78. The van der Waals surface area contributed by atoms with Gasteiger partial charge in [-0.3, -0.25) is 9.59 Å². The molecule has 0 aromatic heterocycles. The van der Waals surface area contributed by atoms with Crippen LogP contribution < -0.4 is 5.32 Å². The Bertz CT molecular complexity index is 398. The third kappa shape index (κ3) is 3.09. The van der Waals surface area contributed by atoms with Crippen molar-refractivity contribution in [1.82, 2.24) is 10.2 Å². The lowest BCUT2D eigenvalue weighted by Crippen LogP contribution is -2.53. The second-order valence-corrected chi connectivity index (χ2v) is 7.18. The molecular formula is C17H28N2O2. The first-order valence-electron chi connectivity index (χ1n) is 8.78. The molecule has 21 heavy (non-hydrogen) atoms. The minimum absolute atomic E-state index is 0.0502. The highest BCUT2D eigenvalue weighted by Crippen LogP contribution is 2.32. The number of amides is 2. The van der Waals surface area contributed by atoms with Crippen LogP contribution in [0.15, 0.2) is 0 Å². The third-order valence-electron chi connectivity index (χ3n) is 5.63. The van der Waals surface area contributed by atoms with E-state index in [4.69, 9.17) is 0 Å². The van der Waals surface area contributed by atoms with Crippen LogP contribution in [-0.2, 0) is 9.59 Å². The summed E-state index contributed by atoms with van der Waals surface area (Å²) in [6.45, 7) is 2.04. The summed E-state index contributed by atoms with van der Waals surface area (Å²) in [4.78, 5) is 27.3. The zero-order chi connectivity index (χ0) is 14.8. The van der Waals surface area contributed by atoms with Crippen molar-refractivity contribution in [2.24, 2.45) is 5.92 Å². The Kier molecular flexibility index (Phi) is 4.51. The number of nitrogens with one attached hydrogen (secondary N) is 1. The van der Waals surface area contributed by atoms with Crippen molar-refractivity contribution in [2.75, 3.05) is 0 Å². The molecule has 2 saturated carbocycles. The molecule has 2 aliphatic carbocycles. The van der Waals surface area contributed by atoms with E-state index in [1.165, 1.54) is 32.1 Å². The summed E-state index contributed by atoms with van der Waals surface area (Å²) in [5.41, 5.74) is 0. The molecule has 1 N–H and O–H groups in total. The highest BCUT2D eigenvalue weighted by Gasteiger charge is 2.41. The maximum absolute atomic E-state index is 13.1. The first-order chi connectivity index (χ1) is 10.2. The lowest BCUT2D eigenvalue weighted by Gasteiger charge is -2.37. The van der Waals surface area contributed by atoms with Gasteiger partial charge in [0, 0.05) is 18.5 Å². The van der Waals surface area contributed by atoms with Crippen LogP contribution in [0, 0.1) is 5.92 Å². The second kappa shape index (κ2) is 6.37. The van der Waals surface area contributed by atoms with Crippen LogP contribution in [0.3, 0.4) is 0 Å². The fourth-order valence-corrected chi connectivity index (χ4v) is 4.55. The first kappa shape index (κ1) is 14.9. The van der Waals surface area contributed by atoms with E-state index in [1.807, 2.05) is 6.92 Å². The lowest BCUT2D eigenvalue weighted by atomic mass is 9.83.